The van der Waals surface area contributed by atoms with Crippen LogP contribution in [0.3, 0.4) is 0 Å². The normalized spacial score (nSPS) is 18.3. The number of nitrogens with zero attached hydrogens (tertiary/aromatic N) is 4. The lowest BCUT2D eigenvalue weighted by atomic mass is 10.0. The van der Waals surface area contributed by atoms with Crippen molar-refractivity contribution in [3.8, 4) is 0 Å². The molecule has 1 unspecified atom stereocenters. The molecule has 1 aliphatic rings. The van der Waals surface area contributed by atoms with Crippen molar-refractivity contribution in [2.24, 2.45) is 5.92 Å². The van der Waals surface area contributed by atoms with E-state index in [-0.39, 0.29) is 5.91 Å². The summed E-state index contributed by atoms with van der Waals surface area (Å²) in [6.07, 6.45) is 6.07. The third-order valence-corrected chi connectivity index (χ3v) is 4.08. The van der Waals surface area contributed by atoms with Gasteiger partial charge in [0.05, 0.1) is 0 Å². The first-order valence-electron chi connectivity index (χ1n) is 8.53. The number of anilines is 1. The number of carbonyl (C=O) groups is 1. The Morgan fingerprint density at radius 3 is 2.73 bits per heavy atom. The van der Waals surface area contributed by atoms with Gasteiger partial charge in [0.2, 0.25) is 5.95 Å². The van der Waals surface area contributed by atoms with Crippen LogP contribution in [-0.2, 0) is 0 Å². The molecule has 122 valence electrons. The summed E-state index contributed by atoms with van der Waals surface area (Å²) in [6, 6.07) is 1.73. The third kappa shape index (κ3) is 4.18. The van der Waals surface area contributed by atoms with Gasteiger partial charge in [0.15, 0.2) is 0 Å². The fraction of sp³-hybridized carbons (Fsp3) is 0.706. The zero-order chi connectivity index (χ0) is 15.9. The maximum absolute atomic E-state index is 12.6. The average Bonchev–Trinajstić information content (AvgIpc) is 2.54. The Hall–Kier alpha value is -1.65. The van der Waals surface area contributed by atoms with E-state index in [0.717, 1.165) is 39.0 Å². The number of hydrogen-bond donors (Lipinski definition) is 0. The van der Waals surface area contributed by atoms with Gasteiger partial charge in [0, 0.05) is 32.4 Å². The SMILES string of the molecule is CCCN(CCC)C(=O)c1ccnc(N2CCCC(C)C2)n1. The number of hydrogen-bond acceptors (Lipinski definition) is 4. The molecule has 0 aliphatic carbocycles. The minimum Gasteiger partial charge on any atom is -0.341 e. The maximum Gasteiger partial charge on any atom is 0.272 e. The van der Waals surface area contributed by atoms with Crippen LogP contribution in [0, 0.1) is 5.92 Å². The first-order valence-corrected chi connectivity index (χ1v) is 8.53. The minimum atomic E-state index is 0.0254. The van der Waals surface area contributed by atoms with Crippen molar-refractivity contribution in [1.82, 2.24) is 14.9 Å². The molecule has 0 saturated carbocycles. The smallest absolute Gasteiger partial charge is 0.272 e. The molecule has 1 aromatic heterocycles. The highest BCUT2D eigenvalue weighted by molar-refractivity contribution is 5.92. The maximum atomic E-state index is 12.6. The zero-order valence-corrected chi connectivity index (χ0v) is 14.1. The molecule has 2 heterocycles. The fourth-order valence-corrected chi connectivity index (χ4v) is 3.01. The van der Waals surface area contributed by atoms with Crippen molar-refractivity contribution in [2.75, 3.05) is 31.1 Å². The molecule has 5 heteroatoms. The van der Waals surface area contributed by atoms with Gasteiger partial charge >= 0.3 is 0 Å². The monoisotopic (exact) mass is 304 g/mol. The molecule has 0 aromatic carbocycles. The highest BCUT2D eigenvalue weighted by Gasteiger charge is 2.21. The summed E-state index contributed by atoms with van der Waals surface area (Å²) in [7, 11) is 0. The summed E-state index contributed by atoms with van der Waals surface area (Å²) in [6.45, 7) is 9.97. The number of carbonyl (C=O) groups excluding carboxylic acids is 1. The summed E-state index contributed by atoms with van der Waals surface area (Å²) < 4.78 is 0. The molecule has 0 spiro atoms. The van der Waals surface area contributed by atoms with Gasteiger partial charge in [-0.15, -0.1) is 0 Å². The Morgan fingerprint density at radius 2 is 2.09 bits per heavy atom. The highest BCUT2D eigenvalue weighted by Crippen LogP contribution is 2.20. The van der Waals surface area contributed by atoms with E-state index in [4.69, 9.17) is 0 Å². The van der Waals surface area contributed by atoms with Crippen LogP contribution in [-0.4, -0.2) is 47.0 Å². The van der Waals surface area contributed by atoms with E-state index in [0.29, 0.717) is 17.6 Å². The third-order valence-electron chi connectivity index (χ3n) is 4.08. The van der Waals surface area contributed by atoms with Crippen LogP contribution in [0.1, 0.15) is 56.9 Å². The summed E-state index contributed by atoms with van der Waals surface area (Å²) in [5, 5.41) is 0. The summed E-state index contributed by atoms with van der Waals surface area (Å²) in [4.78, 5) is 25.7. The molecule has 1 saturated heterocycles. The number of amides is 1. The van der Waals surface area contributed by atoms with Crippen LogP contribution in [0.4, 0.5) is 5.95 Å². The van der Waals surface area contributed by atoms with Gasteiger partial charge in [-0.1, -0.05) is 20.8 Å². The molecule has 1 amide bonds. The van der Waals surface area contributed by atoms with E-state index in [2.05, 4.69) is 35.6 Å². The van der Waals surface area contributed by atoms with Crippen molar-refractivity contribution in [3.63, 3.8) is 0 Å². The van der Waals surface area contributed by atoms with Crippen LogP contribution in [0.2, 0.25) is 0 Å². The predicted octanol–water partition coefficient (Wildman–Crippen LogP) is 2.98. The highest BCUT2D eigenvalue weighted by atomic mass is 16.2. The Balaban J connectivity index is 2.14. The fourth-order valence-electron chi connectivity index (χ4n) is 3.01. The van der Waals surface area contributed by atoms with Crippen LogP contribution >= 0.6 is 0 Å². The molecule has 0 radical (unpaired) electrons. The van der Waals surface area contributed by atoms with Crippen LogP contribution in [0.15, 0.2) is 12.3 Å². The lowest BCUT2D eigenvalue weighted by molar-refractivity contribution is 0.0749. The second-order valence-electron chi connectivity index (χ2n) is 6.23. The first-order chi connectivity index (χ1) is 10.7. The number of piperidine rings is 1. The van der Waals surface area contributed by atoms with Gasteiger partial charge in [0.25, 0.3) is 5.91 Å². The van der Waals surface area contributed by atoms with Gasteiger partial charge in [-0.3, -0.25) is 4.79 Å². The average molecular weight is 304 g/mol. The van der Waals surface area contributed by atoms with Gasteiger partial charge in [-0.2, -0.15) is 0 Å². The summed E-state index contributed by atoms with van der Waals surface area (Å²) in [5.74, 6) is 1.39. The van der Waals surface area contributed by atoms with Gasteiger partial charge in [0.1, 0.15) is 5.69 Å². The molecule has 5 nitrogen and oxygen atoms in total. The summed E-state index contributed by atoms with van der Waals surface area (Å²) in [5.41, 5.74) is 0.519. The lowest BCUT2D eigenvalue weighted by Gasteiger charge is -2.31. The van der Waals surface area contributed by atoms with Crippen molar-refractivity contribution >= 4 is 11.9 Å². The molecule has 1 fully saturated rings. The molecule has 1 atom stereocenters. The van der Waals surface area contributed by atoms with E-state index in [1.807, 2.05) is 4.90 Å². The van der Waals surface area contributed by atoms with E-state index >= 15 is 0 Å². The molecule has 1 aromatic rings. The number of aromatic nitrogens is 2. The van der Waals surface area contributed by atoms with Crippen LogP contribution in [0.5, 0.6) is 0 Å². The largest absolute Gasteiger partial charge is 0.341 e. The predicted molar refractivity (Wildman–Crippen MR) is 89.1 cm³/mol. The Kier molecular flexibility index (Phi) is 6.16. The summed E-state index contributed by atoms with van der Waals surface area (Å²) >= 11 is 0. The van der Waals surface area contributed by atoms with Crippen molar-refractivity contribution in [2.45, 2.75) is 46.5 Å². The lowest BCUT2D eigenvalue weighted by Crippen LogP contribution is -2.37. The number of rotatable bonds is 6. The Morgan fingerprint density at radius 1 is 1.36 bits per heavy atom. The Labute approximate surface area is 133 Å². The van der Waals surface area contributed by atoms with Crippen LogP contribution < -0.4 is 4.90 Å². The molecule has 22 heavy (non-hydrogen) atoms. The molecule has 1 aliphatic heterocycles. The molecule has 0 bridgehead atoms. The standard InChI is InChI=1S/C17H28N4O/c1-4-10-20(11-5-2)16(22)15-8-9-18-17(19-15)21-12-6-7-14(3)13-21/h8-9,14H,4-7,10-13H2,1-3H3. The van der Waals surface area contributed by atoms with Gasteiger partial charge in [-0.25, -0.2) is 9.97 Å². The van der Waals surface area contributed by atoms with Crippen molar-refractivity contribution in [3.05, 3.63) is 18.0 Å². The molecular formula is C17H28N4O. The van der Waals surface area contributed by atoms with Gasteiger partial charge in [-0.05, 0) is 37.7 Å². The molecule has 2 rings (SSSR count). The van der Waals surface area contributed by atoms with Crippen molar-refractivity contribution < 1.29 is 4.79 Å². The second kappa shape index (κ2) is 8.11. The van der Waals surface area contributed by atoms with Crippen molar-refractivity contribution in [1.29, 1.82) is 0 Å². The molecular weight excluding hydrogens is 276 g/mol. The second-order valence-corrected chi connectivity index (χ2v) is 6.23. The van der Waals surface area contributed by atoms with Gasteiger partial charge < -0.3 is 9.80 Å². The van der Waals surface area contributed by atoms with E-state index in [1.165, 1.54) is 12.8 Å². The zero-order valence-electron chi connectivity index (χ0n) is 14.1. The van der Waals surface area contributed by atoms with E-state index in [1.54, 1.807) is 12.3 Å². The van der Waals surface area contributed by atoms with E-state index in [9.17, 15) is 4.79 Å². The molecule has 0 N–H and O–H groups in total. The van der Waals surface area contributed by atoms with E-state index < -0.39 is 0 Å². The first kappa shape index (κ1) is 16.7. The van der Waals surface area contributed by atoms with Crippen LogP contribution in [0.25, 0.3) is 0 Å². The topological polar surface area (TPSA) is 49.3 Å². The minimum absolute atomic E-state index is 0.0254. The Bertz CT molecular complexity index is 485. The quantitative estimate of drug-likeness (QED) is 0.810.